The number of aromatic nitrogens is 1. The summed E-state index contributed by atoms with van der Waals surface area (Å²) in [4.78, 5) is 6.45. The lowest BCUT2D eigenvalue weighted by Crippen LogP contribution is -2.24. The van der Waals surface area contributed by atoms with Gasteiger partial charge in [-0.05, 0) is 19.0 Å². The molecule has 15 heavy (non-hydrogen) atoms. The van der Waals surface area contributed by atoms with Crippen molar-refractivity contribution in [2.45, 2.75) is 20.4 Å². The van der Waals surface area contributed by atoms with Gasteiger partial charge in [-0.2, -0.15) is 0 Å². The Bertz CT molecular complexity index is 297. The van der Waals surface area contributed by atoms with Crippen LogP contribution in [-0.4, -0.2) is 25.6 Å². The van der Waals surface area contributed by atoms with Crippen molar-refractivity contribution in [2.24, 2.45) is 5.92 Å². The topological polar surface area (TPSA) is 28.2 Å². The van der Waals surface area contributed by atoms with Crippen LogP contribution in [0.1, 0.15) is 19.4 Å². The van der Waals surface area contributed by atoms with Gasteiger partial charge in [0.25, 0.3) is 0 Å². The van der Waals surface area contributed by atoms with E-state index in [1.54, 1.807) is 0 Å². The number of pyridine rings is 1. The van der Waals surface area contributed by atoms with Crippen molar-refractivity contribution in [2.75, 3.05) is 25.5 Å². The summed E-state index contributed by atoms with van der Waals surface area (Å²) in [5.74, 6) is 0.672. The summed E-state index contributed by atoms with van der Waals surface area (Å²) >= 11 is 0. The van der Waals surface area contributed by atoms with E-state index < -0.39 is 0 Å². The molecule has 0 bridgehead atoms. The lowest BCUT2D eigenvalue weighted by Gasteiger charge is -2.23. The Morgan fingerprint density at radius 2 is 2.20 bits per heavy atom. The normalized spacial score (nSPS) is 10.7. The van der Waals surface area contributed by atoms with Crippen LogP contribution in [0, 0.1) is 5.92 Å². The van der Waals surface area contributed by atoms with Crippen LogP contribution in [0.5, 0.6) is 0 Å². The number of hydrogen-bond donors (Lipinski definition) is 1. The molecular formula is C12H21N3. The summed E-state index contributed by atoms with van der Waals surface area (Å²) in [7, 11) is 4.09. The molecule has 0 aromatic carbocycles. The van der Waals surface area contributed by atoms with Gasteiger partial charge >= 0.3 is 0 Å². The van der Waals surface area contributed by atoms with Gasteiger partial charge in [0.05, 0.1) is 0 Å². The van der Waals surface area contributed by atoms with Crippen LogP contribution in [0.3, 0.4) is 0 Å². The number of anilines is 1. The Morgan fingerprint density at radius 1 is 1.47 bits per heavy atom. The van der Waals surface area contributed by atoms with Crippen molar-refractivity contribution in [1.82, 2.24) is 10.3 Å². The van der Waals surface area contributed by atoms with Crippen molar-refractivity contribution < 1.29 is 0 Å². The van der Waals surface area contributed by atoms with Crippen LogP contribution in [0.2, 0.25) is 0 Å². The molecule has 3 heteroatoms. The van der Waals surface area contributed by atoms with E-state index in [9.17, 15) is 0 Å². The second kappa shape index (κ2) is 5.71. The highest BCUT2D eigenvalue weighted by molar-refractivity contribution is 5.51. The monoisotopic (exact) mass is 207 g/mol. The minimum absolute atomic E-state index is 0.672. The van der Waals surface area contributed by atoms with Gasteiger partial charge in [-0.3, -0.25) is 4.98 Å². The molecule has 0 fully saturated rings. The minimum atomic E-state index is 0.672. The van der Waals surface area contributed by atoms with Crippen LogP contribution >= 0.6 is 0 Å². The molecule has 1 aromatic heterocycles. The van der Waals surface area contributed by atoms with Gasteiger partial charge in [0.1, 0.15) is 0 Å². The van der Waals surface area contributed by atoms with E-state index in [1.807, 2.05) is 19.4 Å². The van der Waals surface area contributed by atoms with Crippen LogP contribution in [-0.2, 0) is 6.54 Å². The quantitative estimate of drug-likeness (QED) is 0.799. The largest absolute Gasteiger partial charge is 0.374 e. The molecule has 0 unspecified atom stereocenters. The lowest BCUT2D eigenvalue weighted by atomic mass is 10.1. The SMILES string of the molecule is CNCc1cnccc1N(C)CC(C)C. The van der Waals surface area contributed by atoms with E-state index in [2.05, 4.69) is 42.2 Å². The molecule has 1 heterocycles. The summed E-state index contributed by atoms with van der Waals surface area (Å²) < 4.78 is 0. The number of rotatable bonds is 5. The van der Waals surface area contributed by atoms with Gasteiger partial charge in [0, 0.05) is 43.8 Å². The highest BCUT2D eigenvalue weighted by Crippen LogP contribution is 2.18. The maximum absolute atomic E-state index is 4.16. The van der Waals surface area contributed by atoms with Crippen molar-refractivity contribution in [3.8, 4) is 0 Å². The molecule has 0 aliphatic carbocycles. The molecule has 0 aliphatic rings. The van der Waals surface area contributed by atoms with Gasteiger partial charge < -0.3 is 10.2 Å². The predicted molar refractivity (Wildman–Crippen MR) is 65.1 cm³/mol. The highest BCUT2D eigenvalue weighted by Gasteiger charge is 2.07. The maximum atomic E-state index is 4.16. The van der Waals surface area contributed by atoms with Crippen LogP contribution in [0.25, 0.3) is 0 Å². The molecule has 3 nitrogen and oxygen atoms in total. The second-order valence-corrected chi connectivity index (χ2v) is 4.31. The zero-order valence-corrected chi connectivity index (χ0v) is 10.1. The molecular weight excluding hydrogens is 186 g/mol. The molecule has 0 radical (unpaired) electrons. The molecule has 0 saturated heterocycles. The first kappa shape index (κ1) is 12.0. The summed E-state index contributed by atoms with van der Waals surface area (Å²) in [6.45, 7) is 6.40. The first-order valence-corrected chi connectivity index (χ1v) is 5.43. The number of nitrogens with one attached hydrogen (secondary N) is 1. The third-order valence-electron chi connectivity index (χ3n) is 2.30. The third-order valence-corrected chi connectivity index (χ3v) is 2.30. The van der Waals surface area contributed by atoms with Crippen LogP contribution in [0.15, 0.2) is 18.5 Å². The highest BCUT2D eigenvalue weighted by atomic mass is 15.1. The van der Waals surface area contributed by atoms with Gasteiger partial charge in [0.2, 0.25) is 0 Å². The maximum Gasteiger partial charge on any atom is 0.0440 e. The van der Waals surface area contributed by atoms with Crippen molar-refractivity contribution in [3.05, 3.63) is 24.0 Å². The van der Waals surface area contributed by atoms with E-state index in [0.29, 0.717) is 5.92 Å². The fourth-order valence-corrected chi connectivity index (χ4v) is 1.76. The van der Waals surface area contributed by atoms with Gasteiger partial charge in [-0.1, -0.05) is 13.8 Å². The molecule has 0 saturated carbocycles. The van der Waals surface area contributed by atoms with Crippen molar-refractivity contribution in [3.63, 3.8) is 0 Å². The van der Waals surface area contributed by atoms with Gasteiger partial charge in [0.15, 0.2) is 0 Å². The first-order valence-electron chi connectivity index (χ1n) is 5.43. The number of hydrogen-bond acceptors (Lipinski definition) is 3. The first-order chi connectivity index (χ1) is 7.15. The molecule has 84 valence electrons. The molecule has 0 spiro atoms. The van der Waals surface area contributed by atoms with Gasteiger partial charge in [-0.15, -0.1) is 0 Å². The Kier molecular flexibility index (Phi) is 4.56. The average Bonchev–Trinajstić information content (AvgIpc) is 2.18. The van der Waals surface area contributed by atoms with Crippen LogP contribution in [0.4, 0.5) is 5.69 Å². The Labute approximate surface area is 92.5 Å². The molecule has 1 aromatic rings. The standard InChI is InChI=1S/C12H21N3/c1-10(2)9-15(4)12-5-6-14-8-11(12)7-13-3/h5-6,8,10,13H,7,9H2,1-4H3. The van der Waals surface area contributed by atoms with E-state index in [1.165, 1.54) is 11.3 Å². The van der Waals surface area contributed by atoms with Crippen molar-refractivity contribution >= 4 is 5.69 Å². The molecule has 0 amide bonds. The third kappa shape index (κ3) is 3.51. The van der Waals surface area contributed by atoms with E-state index >= 15 is 0 Å². The van der Waals surface area contributed by atoms with Crippen LogP contribution < -0.4 is 10.2 Å². The summed E-state index contributed by atoms with van der Waals surface area (Å²) in [5, 5.41) is 3.17. The fraction of sp³-hybridized carbons (Fsp3) is 0.583. The minimum Gasteiger partial charge on any atom is -0.374 e. The van der Waals surface area contributed by atoms with E-state index in [0.717, 1.165) is 13.1 Å². The Morgan fingerprint density at radius 3 is 2.80 bits per heavy atom. The average molecular weight is 207 g/mol. The van der Waals surface area contributed by atoms with E-state index in [4.69, 9.17) is 0 Å². The predicted octanol–water partition coefficient (Wildman–Crippen LogP) is 1.89. The zero-order chi connectivity index (χ0) is 11.3. The molecule has 0 atom stereocenters. The second-order valence-electron chi connectivity index (χ2n) is 4.31. The molecule has 0 aliphatic heterocycles. The number of nitrogens with zero attached hydrogens (tertiary/aromatic N) is 2. The van der Waals surface area contributed by atoms with E-state index in [-0.39, 0.29) is 0 Å². The van der Waals surface area contributed by atoms with Gasteiger partial charge in [-0.25, -0.2) is 0 Å². The zero-order valence-electron chi connectivity index (χ0n) is 10.1. The van der Waals surface area contributed by atoms with Crippen molar-refractivity contribution in [1.29, 1.82) is 0 Å². The summed E-state index contributed by atoms with van der Waals surface area (Å²) in [5.41, 5.74) is 2.52. The molecule has 1 N–H and O–H groups in total. The Hall–Kier alpha value is -1.09. The summed E-state index contributed by atoms with van der Waals surface area (Å²) in [6.07, 6.45) is 3.79. The lowest BCUT2D eigenvalue weighted by molar-refractivity contribution is 0.635. The smallest absolute Gasteiger partial charge is 0.0440 e. The molecule has 1 rings (SSSR count). The summed E-state index contributed by atoms with van der Waals surface area (Å²) in [6, 6.07) is 2.08. The Balaban J connectivity index is 2.81. The fourth-order valence-electron chi connectivity index (χ4n) is 1.76.